The molecule has 1 nitrogen and oxygen atoms in total. The highest BCUT2D eigenvalue weighted by atomic mass is 31.1. The fourth-order valence-electron chi connectivity index (χ4n) is 5.01. The smallest absolute Gasteiger partial charge is 0.0496 e. The van der Waals surface area contributed by atoms with Gasteiger partial charge in [-0.05, 0) is 36.1 Å². The van der Waals surface area contributed by atoms with E-state index in [9.17, 15) is 0 Å². The van der Waals surface area contributed by atoms with Gasteiger partial charge in [0.2, 0.25) is 0 Å². The summed E-state index contributed by atoms with van der Waals surface area (Å²) in [6, 6.07) is 44.5. The van der Waals surface area contributed by atoms with Gasteiger partial charge in [0.15, 0.2) is 0 Å². The van der Waals surface area contributed by atoms with Crippen LogP contribution in [0.15, 0.2) is 121 Å². The molecule has 32 heavy (non-hydrogen) atoms. The molecule has 3 heteroatoms. The third kappa shape index (κ3) is 4.18. The van der Waals surface area contributed by atoms with Crippen LogP contribution in [-0.2, 0) is 5.16 Å². The zero-order chi connectivity index (χ0) is 21.8. The number of benzene rings is 4. The zero-order valence-electron chi connectivity index (χ0n) is 18.1. The second kappa shape index (κ2) is 9.68. The quantitative estimate of drug-likeness (QED) is 0.371. The van der Waals surface area contributed by atoms with Gasteiger partial charge in [0.1, 0.15) is 0 Å². The Morgan fingerprint density at radius 1 is 0.625 bits per heavy atom. The highest BCUT2D eigenvalue weighted by molar-refractivity contribution is 7.73. The summed E-state index contributed by atoms with van der Waals surface area (Å²) >= 11 is 0. The Morgan fingerprint density at radius 2 is 1.03 bits per heavy atom. The largest absolute Gasteiger partial charge is 0.312 e. The van der Waals surface area contributed by atoms with Crippen molar-refractivity contribution >= 4 is 27.8 Å². The summed E-state index contributed by atoms with van der Waals surface area (Å²) in [6.07, 6.45) is 1.14. The third-order valence-corrected chi connectivity index (χ3v) is 10.5. The first-order valence-electron chi connectivity index (χ1n) is 11.3. The maximum atomic E-state index is 3.96. The minimum Gasteiger partial charge on any atom is -0.312 e. The van der Waals surface area contributed by atoms with Gasteiger partial charge in [0, 0.05) is 23.4 Å². The second-order valence-electron chi connectivity index (χ2n) is 8.49. The fraction of sp³-hybridized carbons (Fsp3) is 0.172. The van der Waals surface area contributed by atoms with Crippen molar-refractivity contribution in [2.75, 3.05) is 6.54 Å². The van der Waals surface area contributed by atoms with Crippen LogP contribution in [-0.4, -0.2) is 18.2 Å². The second-order valence-corrected chi connectivity index (χ2v) is 11.9. The first-order chi connectivity index (χ1) is 15.8. The Labute approximate surface area is 195 Å². The van der Waals surface area contributed by atoms with Crippen molar-refractivity contribution in [3.8, 4) is 0 Å². The van der Waals surface area contributed by atoms with Crippen LogP contribution < -0.4 is 15.9 Å². The molecule has 4 aromatic carbocycles. The maximum absolute atomic E-state index is 3.96. The van der Waals surface area contributed by atoms with Gasteiger partial charge in [-0.1, -0.05) is 121 Å². The third-order valence-electron chi connectivity index (χ3n) is 6.59. The van der Waals surface area contributed by atoms with Crippen LogP contribution in [0.1, 0.15) is 17.5 Å². The minimum atomic E-state index is -0.435. The number of nitrogens with one attached hydrogen (secondary N) is 1. The summed E-state index contributed by atoms with van der Waals surface area (Å²) in [6.45, 7) is 1.04. The minimum absolute atomic E-state index is 0.161. The summed E-state index contributed by atoms with van der Waals surface area (Å²) in [5, 5.41) is 6.73. The molecule has 0 bridgehead atoms. The van der Waals surface area contributed by atoms with Crippen molar-refractivity contribution in [2.24, 2.45) is 0 Å². The maximum Gasteiger partial charge on any atom is 0.0496 e. The molecular formula is C29H29NP2. The normalized spacial score (nSPS) is 18.7. The van der Waals surface area contributed by atoms with Crippen LogP contribution in [0.4, 0.5) is 0 Å². The van der Waals surface area contributed by atoms with E-state index in [4.69, 9.17) is 0 Å². The van der Waals surface area contributed by atoms with E-state index in [0.717, 1.165) is 13.0 Å². The van der Waals surface area contributed by atoms with Crippen molar-refractivity contribution in [2.45, 2.75) is 23.3 Å². The predicted molar refractivity (Wildman–Crippen MR) is 143 cm³/mol. The van der Waals surface area contributed by atoms with Gasteiger partial charge in [0.05, 0.1) is 0 Å². The Hall–Kier alpha value is -2.30. The van der Waals surface area contributed by atoms with E-state index in [2.05, 4.69) is 136 Å². The predicted octanol–water partition coefficient (Wildman–Crippen LogP) is 5.67. The molecule has 160 valence electrons. The van der Waals surface area contributed by atoms with E-state index in [-0.39, 0.29) is 5.16 Å². The molecule has 0 radical (unpaired) electrons. The fourth-order valence-corrected chi connectivity index (χ4v) is 8.48. The molecule has 1 aliphatic heterocycles. The topological polar surface area (TPSA) is 12.0 Å². The molecule has 1 fully saturated rings. The summed E-state index contributed by atoms with van der Waals surface area (Å²) in [5.41, 5.74) is 3.28. The lowest BCUT2D eigenvalue weighted by molar-refractivity contribution is 0.502. The highest BCUT2D eigenvalue weighted by Crippen LogP contribution is 2.50. The Balaban J connectivity index is 1.52. The Kier molecular flexibility index (Phi) is 6.52. The lowest BCUT2D eigenvalue weighted by Gasteiger charge is -2.37. The molecular weight excluding hydrogens is 424 g/mol. The van der Waals surface area contributed by atoms with Gasteiger partial charge in [0.25, 0.3) is 0 Å². The van der Waals surface area contributed by atoms with Crippen LogP contribution in [0.5, 0.6) is 0 Å². The molecule has 0 aliphatic carbocycles. The molecule has 1 saturated heterocycles. The van der Waals surface area contributed by atoms with Crippen molar-refractivity contribution in [1.29, 1.82) is 0 Å². The molecule has 0 saturated carbocycles. The first kappa shape index (κ1) is 21.5. The van der Waals surface area contributed by atoms with Gasteiger partial charge in [-0.3, -0.25) is 0 Å². The van der Waals surface area contributed by atoms with Gasteiger partial charge in [-0.15, -0.1) is 9.24 Å². The monoisotopic (exact) mass is 453 g/mol. The first-order valence-corrected chi connectivity index (χ1v) is 13.3. The van der Waals surface area contributed by atoms with Crippen LogP contribution in [0.2, 0.25) is 0 Å². The SMILES string of the molecule is PC(c1ccccc1)(c1ccccc1)[C@@H]1C[C@H](P(c2ccccc2)c2ccccc2)CN1. The molecule has 1 unspecified atom stereocenters. The average Bonchev–Trinajstić information content (AvgIpc) is 3.36. The molecule has 0 spiro atoms. The van der Waals surface area contributed by atoms with Crippen molar-refractivity contribution in [3.63, 3.8) is 0 Å². The van der Waals surface area contributed by atoms with E-state index >= 15 is 0 Å². The van der Waals surface area contributed by atoms with Gasteiger partial charge < -0.3 is 5.32 Å². The van der Waals surface area contributed by atoms with E-state index in [1.165, 1.54) is 21.7 Å². The Bertz CT molecular complexity index is 1040. The van der Waals surface area contributed by atoms with Crippen LogP contribution in [0, 0.1) is 0 Å². The van der Waals surface area contributed by atoms with Gasteiger partial charge in [-0.25, -0.2) is 0 Å². The van der Waals surface area contributed by atoms with E-state index in [1.54, 1.807) is 0 Å². The van der Waals surface area contributed by atoms with Crippen LogP contribution in [0.25, 0.3) is 0 Å². The van der Waals surface area contributed by atoms with Gasteiger partial charge in [-0.2, -0.15) is 0 Å². The van der Waals surface area contributed by atoms with Crippen LogP contribution in [0.3, 0.4) is 0 Å². The van der Waals surface area contributed by atoms with Crippen molar-refractivity contribution < 1.29 is 0 Å². The van der Waals surface area contributed by atoms with E-state index < -0.39 is 7.92 Å². The molecule has 0 amide bonds. The lowest BCUT2D eigenvalue weighted by Crippen LogP contribution is -2.41. The summed E-state index contributed by atoms with van der Waals surface area (Å²) < 4.78 is 0. The number of rotatable bonds is 6. The van der Waals surface area contributed by atoms with E-state index in [1.807, 2.05) is 0 Å². The van der Waals surface area contributed by atoms with Crippen molar-refractivity contribution in [1.82, 2.24) is 5.32 Å². The molecule has 1 N–H and O–H groups in total. The number of hydrogen-bond acceptors (Lipinski definition) is 1. The number of hydrogen-bond donors (Lipinski definition) is 1. The summed E-state index contributed by atoms with van der Waals surface area (Å²) in [4.78, 5) is 0. The lowest BCUT2D eigenvalue weighted by atomic mass is 9.83. The molecule has 1 heterocycles. The molecule has 4 aromatic rings. The van der Waals surface area contributed by atoms with Crippen molar-refractivity contribution in [3.05, 3.63) is 132 Å². The molecule has 5 rings (SSSR count). The van der Waals surface area contributed by atoms with Gasteiger partial charge >= 0.3 is 0 Å². The summed E-state index contributed by atoms with van der Waals surface area (Å²) in [5.74, 6) is 0. The highest BCUT2D eigenvalue weighted by Gasteiger charge is 2.44. The van der Waals surface area contributed by atoms with Crippen LogP contribution >= 0.6 is 17.2 Å². The zero-order valence-corrected chi connectivity index (χ0v) is 20.2. The molecule has 3 atom stereocenters. The molecule has 1 aliphatic rings. The van der Waals surface area contributed by atoms with E-state index in [0.29, 0.717) is 11.7 Å². The summed E-state index contributed by atoms with van der Waals surface area (Å²) in [7, 11) is 2.80. The standard InChI is InChI=1S/C29H29NP2/c31-29(23-13-5-1-6-14-23,24-15-7-2-8-16-24)28-21-27(22-30-28)32(25-17-9-3-10-18-25)26-19-11-4-12-20-26/h1-20,27-28,30H,21-22,31H2/t27-,28-/m0/s1. The molecule has 0 aromatic heterocycles. The average molecular weight is 454 g/mol. The Morgan fingerprint density at radius 3 is 1.47 bits per heavy atom.